The molecule has 0 rings (SSSR count). The third-order valence-corrected chi connectivity index (χ3v) is 1.27. The second-order valence-corrected chi connectivity index (χ2v) is 2.55. The third kappa shape index (κ3) is 6.28. The Balaban J connectivity index is 3.50. The van der Waals surface area contributed by atoms with Gasteiger partial charge in [-0.1, -0.05) is 0 Å². The molecule has 0 amide bonds. The maximum absolute atomic E-state index is 5.59. The van der Waals surface area contributed by atoms with Crippen molar-refractivity contribution in [3.63, 3.8) is 0 Å². The van der Waals surface area contributed by atoms with Crippen LogP contribution in [0, 0.1) is 0 Å². The van der Waals surface area contributed by atoms with Crippen LogP contribution < -0.4 is 5.73 Å². The summed E-state index contributed by atoms with van der Waals surface area (Å²) in [5, 5.41) is 0. The lowest BCUT2D eigenvalue weighted by molar-refractivity contribution is -0.141. The van der Waals surface area contributed by atoms with Gasteiger partial charge in [0.15, 0.2) is 6.29 Å². The van der Waals surface area contributed by atoms with Gasteiger partial charge in [-0.05, 0) is 20.8 Å². The summed E-state index contributed by atoms with van der Waals surface area (Å²) >= 11 is 0. The molecule has 0 aromatic rings. The van der Waals surface area contributed by atoms with Gasteiger partial charge >= 0.3 is 0 Å². The van der Waals surface area contributed by atoms with Crippen LogP contribution in [0.4, 0.5) is 0 Å². The van der Waals surface area contributed by atoms with Gasteiger partial charge in [-0.25, -0.2) is 0 Å². The predicted octanol–water partition coefficient (Wildman–Crippen LogP) is 1.12. The van der Waals surface area contributed by atoms with Crippen molar-refractivity contribution >= 4 is 0 Å². The molecule has 68 valence electrons. The minimum absolute atomic E-state index is 0.120. The molecule has 0 aromatic heterocycles. The van der Waals surface area contributed by atoms with Crippen LogP contribution in [0.25, 0.3) is 0 Å². The van der Waals surface area contributed by atoms with Gasteiger partial charge in [-0.3, -0.25) is 0 Å². The molecule has 3 nitrogen and oxygen atoms in total. The lowest BCUT2D eigenvalue weighted by Gasteiger charge is -2.18. The fraction of sp³-hybridized carbons (Fsp3) is 1.00. The first-order valence-electron chi connectivity index (χ1n) is 4.19. The van der Waals surface area contributed by atoms with Gasteiger partial charge in [0.25, 0.3) is 0 Å². The van der Waals surface area contributed by atoms with E-state index in [1.54, 1.807) is 0 Å². The van der Waals surface area contributed by atoms with Crippen molar-refractivity contribution in [3.8, 4) is 0 Å². The molecule has 1 atom stereocenters. The quantitative estimate of drug-likeness (QED) is 0.594. The molecule has 0 aromatic carbocycles. The van der Waals surface area contributed by atoms with Crippen molar-refractivity contribution in [2.75, 3.05) is 13.2 Å². The van der Waals surface area contributed by atoms with E-state index >= 15 is 0 Å². The summed E-state index contributed by atoms with van der Waals surface area (Å²) in [5.41, 5.74) is 5.59. The van der Waals surface area contributed by atoms with Gasteiger partial charge in [-0.2, -0.15) is 0 Å². The van der Waals surface area contributed by atoms with Crippen LogP contribution in [0.5, 0.6) is 0 Å². The number of rotatable bonds is 6. The average Bonchev–Trinajstić information content (AvgIpc) is 1.87. The zero-order valence-electron chi connectivity index (χ0n) is 7.67. The summed E-state index contributed by atoms with van der Waals surface area (Å²) in [6.07, 6.45) is 0.645. The maximum atomic E-state index is 5.59. The number of ether oxygens (including phenoxy) is 2. The monoisotopic (exact) mass is 161 g/mol. The Morgan fingerprint density at radius 3 is 1.91 bits per heavy atom. The molecule has 0 spiro atoms. The molecule has 0 saturated heterocycles. The van der Waals surface area contributed by atoms with Crippen molar-refractivity contribution in [3.05, 3.63) is 0 Å². The topological polar surface area (TPSA) is 44.5 Å². The summed E-state index contributed by atoms with van der Waals surface area (Å²) in [7, 11) is 0. The molecule has 0 aliphatic rings. The first-order valence-corrected chi connectivity index (χ1v) is 4.19. The van der Waals surface area contributed by atoms with Crippen molar-refractivity contribution in [2.45, 2.75) is 39.5 Å². The second-order valence-electron chi connectivity index (χ2n) is 2.55. The van der Waals surface area contributed by atoms with E-state index in [4.69, 9.17) is 15.2 Å². The van der Waals surface area contributed by atoms with E-state index in [0.29, 0.717) is 13.2 Å². The van der Waals surface area contributed by atoms with E-state index in [1.807, 2.05) is 20.8 Å². The van der Waals surface area contributed by atoms with E-state index in [1.165, 1.54) is 0 Å². The highest BCUT2D eigenvalue weighted by Crippen LogP contribution is 2.02. The average molecular weight is 161 g/mol. The van der Waals surface area contributed by atoms with Crippen LogP contribution in [-0.2, 0) is 9.47 Å². The SMILES string of the molecule is CCOC(C[C@H](C)N)OCC. The van der Waals surface area contributed by atoms with Crippen LogP contribution in [0.15, 0.2) is 0 Å². The molecule has 0 saturated carbocycles. The van der Waals surface area contributed by atoms with Gasteiger partial charge in [0.1, 0.15) is 0 Å². The Kier molecular flexibility index (Phi) is 6.51. The summed E-state index contributed by atoms with van der Waals surface area (Å²) in [5.74, 6) is 0. The van der Waals surface area contributed by atoms with Gasteiger partial charge in [0.2, 0.25) is 0 Å². The fourth-order valence-corrected chi connectivity index (χ4v) is 0.860. The van der Waals surface area contributed by atoms with E-state index in [-0.39, 0.29) is 12.3 Å². The van der Waals surface area contributed by atoms with Crippen molar-refractivity contribution in [1.29, 1.82) is 0 Å². The molecular formula is C8H19NO2. The van der Waals surface area contributed by atoms with Crippen molar-refractivity contribution < 1.29 is 9.47 Å². The summed E-state index contributed by atoms with van der Waals surface area (Å²) in [4.78, 5) is 0. The smallest absolute Gasteiger partial charge is 0.159 e. The van der Waals surface area contributed by atoms with Gasteiger partial charge in [0, 0.05) is 25.7 Å². The lowest BCUT2D eigenvalue weighted by atomic mass is 10.2. The van der Waals surface area contributed by atoms with Crippen molar-refractivity contribution in [2.24, 2.45) is 5.73 Å². The Morgan fingerprint density at radius 2 is 1.64 bits per heavy atom. The van der Waals surface area contributed by atoms with E-state index < -0.39 is 0 Å². The van der Waals surface area contributed by atoms with Gasteiger partial charge < -0.3 is 15.2 Å². The molecule has 2 N–H and O–H groups in total. The normalized spacial score (nSPS) is 13.9. The number of hydrogen-bond donors (Lipinski definition) is 1. The molecular weight excluding hydrogens is 142 g/mol. The zero-order chi connectivity index (χ0) is 8.69. The lowest BCUT2D eigenvalue weighted by Crippen LogP contribution is -2.27. The Labute approximate surface area is 68.9 Å². The van der Waals surface area contributed by atoms with Crippen molar-refractivity contribution in [1.82, 2.24) is 0 Å². The summed E-state index contributed by atoms with van der Waals surface area (Å²) < 4.78 is 10.6. The second kappa shape index (κ2) is 6.58. The molecule has 11 heavy (non-hydrogen) atoms. The summed E-state index contributed by atoms with van der Waals surface area (Å²) in [6, 6.07) is 0.137. The van der Waals surface area contributed by atoms with E-state index in [9.17, 15) is 0 Å². The first kappa shape index (κ1) is 10.9. The first-order chi connectivity index (χ1) is 5.20. The molecule has 0 unspecified atom stereocenters. The van der Waals surface area contributed by atoms with Crippen LogP contribution in [0.2, 0.25) is 0 Å². The highest BCUT2D eigenvalue weighted by Gasteiger charge is 2.09. The zero-order valence-corrected chi connectivity index (χ0v) is 7.67. The Hall–Kier alpha value is -0.120. The van der Waals surface area contributed by atoms with Crippen LogP contribution in [-0.4, -0.2) is 25.5 Å². The molecule has 3 heteroatoms. The summed E-state index contributed by atoms with van der Waals surface area (Å²) in [6.45, 7) is 7.21. The highest BCUT2D eigenvalue weighted by molar-refractivity contribution is 4.55. The van der Waals surface area contributed by atoms with Crippen LogP contribution in [0.1, 0.15) is 27.2 Å². The highest BCUT2D eigenvalue weighted by atomic mass is 16.7. The third-order valence-electron chi connectivity index (χ3n) is 1.27. The molecule has 0 aliphatic heterocycles. The number of hydrogen-bond acceptors (Lipinski definition) is 3. The van der Waals surface area contributed by atoms with E-state index in [2.05, 4.69) is 0 Å². The molecule has 0 radical (unpaired) electrons. The maximum Gasteiger partial charge on any atom is 0.159 e. The fourth-order valence-electron chi connectivity index (χ4n) is 0.860. The largest absolute Gasteiger partial charge is 0.353 e. The number of nitrogens with two attached hydrogens (primary N) is 1. The van der Waals surface area contributed by atoms with Crippen LogP contribution in [0.3, 0.4) is 0 Å². The Morgan fingerprint density at radius 1 is 1.18 bits per heavy atom. The molecule has 0 bridgehead atoms. The van der Waals surface area contributed by atoms with E-state index in [0.717, 1.165) is 6.42 Å². The van der Waals surface area contributed by atoms with Crippen LogP contribution >= 0.6 is 0 Å². The predicted molar refractivity (Wildman–Crippen MR) is 45.3 cm³/mol. The van der Waals surface area contributed by atoms with Gasteiger partial charge in [-0.15, -0.1) is 0 Å². The molecule has 0 heterocycles. The van der Waals surface area contributed by atoms with Gasteiger partial charge in [0.05, 0.1) is 0 Å². The standard InChI is InChI=1S/C8H19NO2/c1-4-10-8(11-5-2)6-7(3)9/h7-8H,4-6,9H2,1-3H3/t7-/m0/s1. The minimum atomic E-state index is -0.120. The Bertz CT molecular complexity index is 80.2. The minimum Gasteiger partial charge on any atom is -0.353 e. The molecule has 0 aliphatic carbocycles. The molecule has 0 fully saturated rings.